The van der Waals surface area contributed by atoms with Gasteiger partial charge in [0.25, 0.3) is 0 Å². The van der Waals surface area contributed by atoms with Crippen LogP contribution in [0.1, 0.15) is 57.1 Å². The van der Waals surface area contributed by atoms with Crippen LogP contribution in [0.15, 0.2) is 36.5 Å². The number of halogens is 1. The number of fused-ring (bicyclic) bond motifs is 4. The summed E-state index contributed by atoms with van der Waals surface area (Å²) in [4.78, 5) is 15.0. The number of rotatable bonds is 2. The van der Waals surface area contributed by atoms with Gasteiger partial charge in [0.05, 0.1) is 16.9 Å². The van der Waals surface area contributed by atoms with Gasteiger partial charge in [-0.1, -0.05) is 30.9 Å². The highest BCUT2D eigenvalue weighted by atomic mass is 35.5. The van der Waals surface area contributed by atoms with Gasteiger partial charge in [0.15, 0.2) is 0 Å². The second-order valence-electron chi connectivity index (χ2n) is 8.72. The van der Waals surface area contributed by atoms with Crippen LogP contribution < -0.4 is 5.32 Å². The van der Waals surface area contributed by atoms with Crippen molar-refractivity contribution in [2.75, 3.05) is 18.4 Å². The zero-order valence-corrected chi connectivity index (χ0v) is 17.0. The fraction of sp³-hybridized carbons (Fsp3) is 0.522. The van der Waals surface area contributed by atoms with Crippen LogP contribution >= 0.6 is 11.6 Å². The lowest BCUT2D eigenvalue weighted by Crippen LogP contribution is -2.51. The minimum absolute atomic E-state index is 0.105. The van der Waals surface area contributed by atoms with E-state index in [0.717, 1.165) is 48.7 Å². The molecule has 28 heavy (non-hydrogen) atoms. The van der Waals surface area contributed by atoms with Gasteiger partial charge in [-0.05, 0) is 61.9 Å². The van der Waals surface area contributed by atoms with Gasteiger partial charge in [-0.15, -0.1) is 0 Å². The van der Waals surface area contributed by atoms with Crippen molar-refractivity contribution in [2.24, 2.45) is 5.92 Å². The molecule has 1 saturated heterocycles. The normalized spacial score (nSPS) is 21.1. The molecular weight excluding hydrogens is 370 g/mol. The number of amides is 1. The van der Waals surface area contributed by atoms with Gasteiger partial charge in [-0.25, -0.2) is 0 Å². The molecule has 2 aromatic rings. The summed E-state index contributed by atoms with van der Waals surface area (Å²) in [5.74, 6) is 0.971. The maximum Gasteiger partial charge on any atom is 0.222 e. The summed E-state index contributed by atoms with van der Waals surface area (Å²) >= 11 is 6.24. The van der Waals surface area contributed by atoms with E-state index in [4.69, 9.17) is 11.6 Å². The second-order valence-corrected chi connectivity index (χ2v) is 9.16. The molecule has 2 aliphatic heterocycles. The number of anilines is 1. The Bertz CT molecular complexity index is 876. The topological polar surface area (TPSA) is 37.3 Å². The zero-order chi connectivity index (χ0) is 19.1. The standard InChI is InChI=1S/C23H28ClN3O/c24-18-8-9-19-20(16-18)27-12-4-7-21(27)23(25-19)10-13-26(14-11-23)22(28)15-17-5-2-1-3-6-17/h4,7-9,12,16-17,25H,1-3,5-6,10-11,13-15H2. The summed E-state index contributed by atoms with van der Waals surface area (Å²) in [6.45, 7) is 1.65. The summed E-state index contributed by atoms with van der Waals surface area (Å²) < 4.78 is 2.26. The number of carbonyl (C=O) groups excluding carboxylic acids is 1. The Balaban J connectivity index is 1.32. The van der Waals surface area contributed by atoms with Gasteiger partial charge in [-0.3, -0.25) is 4.79 Å². The molecule has 1 amide bonds. The quantitative estimate of drug-likeness (QED) is 0.742. The van der Waals surface area contributed by atoms with Gasteiger partial charge in [-0.2, -0.15) is 0 Å². The Hall–Kier alpha value is -1.94. The molecule has 1 aromatic heterocycles. The summed E-state index contributed by atoms with van der Waals surface area (Å²) in [6.07, 6.45) is 11.2. The highest BCUT2D eigenvalue weighted by Gasteiger charge is 2.42. The van der Waals surface area contributed by atoms with Crippen LogP contribution in [0.3, 0.4) is 0 Å². The third-order valence-corrected chi connectivity index (χ3v) is 7.23. The monoisotopic (exact) mass is 397 g/mol. The van der Waals surface area contributed by atoms with Crippen LogP contribution in [0, 0.1) is 5.92 Å². The maximum absolute atomic E-state index is 12.9. The first kappa shape index (κ1) is 18.1. The number of hydrogen-bond acceptors (Lipinski definition) is 2. The molecular formula is C23H28ClN3O. The highest BCUT2D eigenvalue weighted by molar-refractivity contribution is 6.30. The fourth-order valence-electron chi connectivity index (χ4n) is 5.40. The van der Waals surface area contributed by atoms with Crippen molar-refractivity contribution in [3.05, 3.63) is 47.2 Å². The molecule has 1 aromatic carbocycles. The molecule has 2 fully saturated rings. The van der Waals surface area contributed by atoms with Crippen molar-refractivity contribution in [3.63, 3.8) is 0 Å². The molecule has 1 N–H and O–H groups in total. The van der Waals surface area contributed by atoms with Crippen molar-refractivity contribution >= 4 is 23.2 Å². The summed E-state index contributed by atoms with van der Waals surface area (Å²) in [5.41, 5.74) is 3.40. The van der Waals surface area contributed by atoms with Crippen LogP contribution in [-0.4, -0.2) is 28.5 Å². The molecule has 148 valence electrons. The van der Waals surface area contributed by atoms with Crippen molar-refractivity contribution in [3.8, 4) is 5.69 Å². The van der Waals surface area contributed by atoms with E-state index in [9.17, 15) is 4.79 Å². The number of nitrogens with one attached hydrogen (secondary N) is 1. The summed E-state index contributed by atoms with van der Waals surface area (Å²) in [7, 11) is 0. The maximum atomic E-state index is 12.9. The predicted molar refractivity (Wildman–Crippen MR) is 113 cm³/mol. The van der Waals surface area contributed by atoms with Crippen molar-refractivity contribution in [2.45, 2.75) is 56.9 Å². The van der Waals surface area contributed by atoms with Crippen molar-refractivity contribution in [1.82, 2.24) is 9.47 Å². The number of nitrogens with zero attached hydrogens (tertiary/aromatic N) is 2. The molecule has 3 heterocycles. The number of benzene rings is 1. The average molecular weight is 398 g/mol. The molecule has 0 unspecified atom stereocenters. The Kier molecular flexibility index (Phi) is 4.62. The summed E-state index contributed by atoms with van der Waals surface area (Å²) in [5, 5.41) is 4.55. The SMILES string of the molecule is O=C(CC1CCCCC1)N1CCC2(CC1)Nc1ccc(Cl)cc1-n1cccc12. The largest absolute Gasteiger partial charge is 0.372 e. The first-order valence-electron chi connectivity index (χ1n) is 10.7. The lowest BCUT2D eigenvalue weighted by Gasteiger charge is -2.46. The van der Waals surface area contributed by atoms with E-state index in [1.165, 1.54) is 37.8 Å². The van der Waals surface area contributed by atoms with E-state index in [1.807, 2.05) is 12.1 Å². The van der Waals surface area contributed by atoms with Gasteiger partial charge in [0.1, 0.15) is 0 Å². The zero-order valence-electron chi connectivity index (χ0n) is 16.3. The number of piperidine rings is 1. The number of carbonyl (C=O) groups is 1. The molecule has 3 aliphatic rings. The van der Waals surface area contributed by atoms with E-state index in [0.29, 0.717) is 11.8 Å². The van der Waals surface area contributed by atoms with Gasteiger partial charge >= 0.3 is 0 Å². The van der Waals surface area contributed by atoms with Gasteiger partial charge in [0, 0.05) is 36.4 Å². The highest BCUT2D eigenvalue weighted by Crippen LogP contribution is 2.44. The summed E-state index contributed by atoms with van der Waals surface area (Å²) in [6, 6.07) is 10.3. The molecule has 1 spiro atoms. The number of hydrogen-bond donors (Lipinski definition) is 1. The molecule has 0 bridgehead atoms. The molecule has 1 saturated carbocycles. The first-order valence-corrected chi connectivity index (χ1v) is 11.1. The van der Waals surface area contributed by atoms with E-state index in [1.54, 1.807) is 0 Å². The molecule has 5 rings (SSSR count). The van der Waals surface area contributed by atoms with E-state index < -0.39 is 0 Å². The van der Waals surface area contributed by atoms with E-state index in [2.05, 4.69) is 39.2 Å². The van der Waals surface area contributed by atoms with Crippen LogP contribution in [-0.2, 0) is 10.3 Å². The second kappa shape index (κ2) is 7.14. The van der Waals surface area contributed by atoms with E-state index >= 15 is 0 Å². The predicted octanol–water partition coefficient (Wildman–Crippen LogP) is 5.34. The van der Waals surface area contributed by atoms with Crippen LogP contribution in [0.4, 0.5) is 5.69 Å². The lowest BCUT2D eigenvalue weighted by molar-refractivity contribution is -0.134. The van der Waals surface area contributed by atoms with Crippen LogP contribution in [0.5, 0.6) is 0 Å². The van der Waals surface area contributed by atoms with Crippen LogP contribution in [0.2, 0.25) is 5.02 Å². The third kappa shape index (κ3) is 3.12. The van der Waals surface area contributed by atoms with Crippen LogP contribution in [0.25, 0.3) is 5.69 Å². The van der Waals surface area contributed by atoms with Gasteiger partial charge in [0.2, 0.25) is 5.91 Å². The first-order chi connectivity index (χ1) is 13.6. The minimum Gasteiger partial charge on any atom is -0.372 e. The van der Waals surface area contributed by atoms with Gasteiger partial charge < -0.3 is 14.8 Å². The average Bonchev–Trinajstić information content (AvgIpc) is 3.21. The lowest BCUT2D eigenvalue weighted by atomic mass is 9.81. The van der Waals surface area contributed by atoms with Crippen molar-refractivity contribution in [1.29, 1.82) is 0 Å². The third-order valence-electron chi connectivity index (χ3n) is 6.99. The number of likely N-dealkylation sites (tertiary alicyclic amines) is 1. The molecule has 0 atom stereocenters. The van der Waals surface area contributed by atoms with E-state index in [-0.39, 0.29) is 5.54 Å². The minimum atomic E-state index is -0.105. The fourth-order valence-corrected chi connectivity index (χ4v) is 5.57. The Morgan fingerprint density at radius 1 is 1.14 bits per heavy atom. The van der Waals surface area contributed by atoms with Crippen molar-refractivity contribution < 1.29 is 4.79 Å². The molecule has 5 heteroatoms. The Labute approximate surface area is 171 Å². The number of aromatic nitrogens is 1. The Morgan fingerprint density at radius 3 is 2.71 bits per heavy atom. The molecule has 0 radical (unpaired) electrons. The molecule has 4 nitrogen and oxygen atoms in total. The molecule has 1 aliphatic carbocycles. The Morgan fingerprint density at radius 2 is 1.93 bits per heavy atom. The smallest absolute Gasteiger partial charge is 0.222 e.